The first-order valence-corrected chi connectivity index (χ1v) is 7.42. The van der Waals surface area contributed by atoms with Crippen molar-refractivity contribution >= 4 is 12.6 Å². The molecule has 6 heteroatoms. The summed E-state index contributed by atoms with van der Waals surface area (Å²) in [5.74, 6) is 0.152. The molecule has 0 unspecified atom stereocenters. The van der Waals surface area contributed by atoms with E-state index >= 15 is 0 Å². The van der Waals surface area contributed by atoms with Gasteiger partial charge in [0.2, 0.25) is 5.88 Å². The second-order valence-corrected chi connectivity index (χ2v) is 6.90. The second-order valence-electron chi connectivity index (χ2n) is 6.90. The van der Waals surface area contributed by atoms with E-state index in [0.29, 0.717) is 18.0 Å². The van der Waals surface area contributed by atoms with Crippen LogP contribution in [0.3, 0.4) is 0 Å². The molecular formula is C15H21BFNO3. The van der Waals surface area contributed by atoms with E-state index in [9.17, 15) is 4.39 Å². The molecule has 1 aliphatic carbocycles. The molecule has 2 aliphatic rings. The smallest absolute Gasteiger partial charge is 0.475 e. The lowest BCUT2D eigenvalue weighted by molar-refractivity contribution is 0.00578. The van der Waals surface area contributed by atoms with Gasteiger partial charge in [0.1, 0.15) is 0 Å². The van der Waals surface area contributed by atoms with E-state index in [1.54, 1.807) is 6.20 Å². The highest BCUT2D eigenvalue weighted by Crippen LogP contribution is 2.36. The van der Waals surface area contributed by atoms with Gasteiger partial charge in [-0.05, 0) is 52.5 Å². The van der Waals surface area contributed by atoms with Gasteiger partial charge in [-0.15, -0.1) is 0 Å². The van der Waals surface area contributed by atoms with Crippen LogP contribution in [0.2, 0.25) is 0 Å². The highest BCUT2D eigenvalue weighted by molar-refractivity contribution is 6.62. The Bertz CT molecular complexity index is 530. The van der Waals surface area contributed by atoms with Crippen LogP contribution >= 0.6 is 0 Å². The van der Waals surface area contributed by atoms with Gasteiger partial charge >= 0.3 is 7.12 Å². The van der Waals surface area contributed by atoms with Gasteiger partial charge in [0, 0.05) is 11.7 Å². The first kappa shape index (κ1) is 14.8. The third kappa shape index (κ3) is 2.92. The summed E-state index contributed by atoms with van der Waals surface area (Å²) >= 11 is 0. The Labute approximate surface area is 125 Å². The van der Waals surface area contributed by atoms with Crippen LogP contribution < -0.4 is 10.2 Å². The van der Waals surface area contributed by atoms with Gasteiger partial charge in [-0.2, -0.15) is 0 Å². The van der Waals surface area contributed by atoms with Crippen molar-refractivity contribution in [3.05, 3.63) is 18.1 Å². The molecule has 2 fully saturated rings. The van der Waals surface area contributed by atoms with Crippen LogP contribution in [0.4, 0.5) is 4.39 Å². The minimum absolute atomic E-state index is 0.0576. The maximum absolute atomic E-state index is 14.1. The molecule has 21 heavy (non-hydrogen) atoms. The molecule has 114 valence electrons. The number of ether oxygens (including phenoxy) is 1. The number of aromatic nitrogens is 1. The number of nitrogens with zero attached hydrogens (tertiary/aromatic N) is 1. The van der Waals surface area contributed by atoms with Gasteiger partial charge in [-0.1, -0.05) is 0 Å². The molecule has 0 radical (unpaired) electrons. The van der Waals surface area contributed by atoms with Crippen molar-refractivity contribution < 1.29 is 18.4 Å². The van der Waals surface area contributed by atoms with Crippen molar-refractivity contribution in [2.45, 2.75) is 51.7 Å². The standard InChI is InChI=1S/C15H21BFNO3/c1-14(2)15(3,4)21-16(20-14)11-7-12(17)13(18-8-11)19-9-10-5-6-10/h7-8,10H,5-6,9H2,1-4H3. The third-order valence-corrected chi connectivity index (χ3v) is 4.51. The number of halogens is 1. The van der Waals surface area contributed by atoms with Gasteiger partial charge in [0.05, 0.1) is 17.8 Å². The highest BCUT2D eigenvalue weighted by Gasteiger charge is 2.52. The highest BCUT2D eigenvalue weighted by atomic mass is 19.1. The van der Waals surface area contributed by atoms with Gasteiger partial charge in [-0.3, -0.25) is 0 Å². The number of hydrogen-bond donors (Lipinski definition) is 0. The Morgan fingerprint density at radius 3 is 2.43 bits per heavy atom. The van der Waals surface area contributed by atoms with Crippen molar-refractivity contribution in [2.24, 2.45) is 5.92 Å². The summed E-state index contributed by atoms with van der Waals surface area (Å²) in [5, 5.41) is 0. The van der Waals surface area contributed by atoms with Crippen molar-refractivity contribution in [1.29, 1.82) is 0 Å². The minimum atomic E-state index is -0.602. The molecule has 1 saturated heterocycles. The molecule has 0 aromatic carbocycles. The molecule has 1 aromatic rings. The lowest BCUT2D eigenvalue weighted by atomic mass is 9.80. The van der Waals surface area contributed by atoms with Crippen molar-refractivity contribution in [2.75, 3.05) is 6.61 Å². The van der Waals surface area contributed by atoms with Crippen LogP contribution in [0.25, 0.3) is 0 Å². The molecule has 0 bridgehead atoms. The quantitative estimate of drug-likeness (QED) is 0.799. The molecule has 3 rings (SSSR count). The van der Waals surface area contributed by atoms with Gasteiger partial charge in [-0.25, -0.2) is 9.37 Å². The summed E-state index contributed by atoms with van der Waals surface area (Å²) in [7, 11) is -0.602. The normalized spacial score (nSPS) is 23.4. The maximum Gasteiger partial charge on any atom is 0.496 e. The Morgan fingerprint density at radius 2 is 1.90 bits per heavy atom. The van der Waals surface area contributed by atoms with E-state index in [0.717, 1.165) is 12.8 Å². The SMILES string of the molecule is CC1(C)OB(c2cnc(OCC3CC3)c(F)c2)OC1(C)C. The van der Waals surface area contributed by atoms with E-state index in [1.165, 1.54) is 6.07 Å². The first-order chi connectivity index (χ1) is 9.78. The van der Waals surface area contributed by atoms with Crippen LogP contribution in [0.15, 0.2) is 12.3 Å². The summed E-state index contributed by atoms with van der Waals surface area (Å²) in [6, 6.07) is 1.39. The van der Waals surface area contributed by atoms with Crippen LogP contribution in [-0.2, 0) is 9.31 Å². The fourth-order valence-corrected chi connectivity index (χ4v) is 2.14. The fraction of sp³-hybridized carbons (Fsp3) is 0.667. The fourth-order valence-electron chi connectivity index (χ4n) is 2.14. The zero-order valence-electron chi connectivity index (χ0n) is 13.0. The molecule has 0 spiro atoms. The maximum atomic E-state index is 14.1. The van der Waals surface area contributed by atoms with Crippen LogP contribution in [0, 0.1) is 11.7 Å². The van der Waals surface area contributed by atoms with Gasteiger partial charge < -0.3 is 14.0 Å². The lowest BCUT2D eigenvalue weighted by Crippen LogP contribution is -2.41. The Balaban J connectivity index is 1.73. The first-order valence-electron chi connectivity index (χ1n) is 7.42. The summed E-state index contributed by atoms with van der Waals surface area (Å²) in [4.78, 5) is 4.06. The molecule has 1 aliphatic heterocycles. The van der Waals surface area contributed by atoms with E-state index < -0.39 is 24.1 Å². The Kier molecular flexibility index (Phi) is 3.49. The number of pyridine rings is 1. The zero-order valence-corrected chi connectivity index (χ0v) is 13.0. The average molecular weight is 293 g/mol. The lowest BCUT2D eigenvalue weighted by Gasteiger charge is -2.32. The minimum Gasteiger partial charge on any atom is -0.475 e. The number of hydrogen-bond acceptors (Lipinski definition) is 4. The number of rotatable bonds is 4. The molecule has 1 aromatic heterocycles. The topological polar surface area (TPSA) is 40.6 Å². The molecule has 1 saturated carbocycles. The van der Waals surface area contributed by atoms with Crippen LogP contribution in [0.1, 0.15) is 40.5 Å². The third-order valence-electron chi connectivity index (χ3n) is 4.51. The molecule has 0 N–H and O–H groups in total. The van der Waals surface area contributed by atoms with Crippen molar-refractivity contribution in [1.82, 2.24) is 4.98 Å². The molecule has 2 heterocycles. The molecule has 0 atom stereocenters. The van der Waals surface area contributed by atoms with Gasteiger partial charge in [0.25, 0.3) is 0 Å². The van der Waals surface area contributed by atoms with E-state index in [1.807, 2.05) is 27.7 Å². The van der Waals surface area contributed by atoms with E-state index in [4.69, 9.17) is 14.0 Å². The average Bonchev–Trinajstić information content (AvgIpc) is 3.16. The summed E-state index contributed by atoms with van der Waals surface area (Å²) in [6.07, 6.45) is 3.88. The van der Waals surface area contributed by atoms with Gasteiger partial charge in [0.15, 0.2) is 5.82 Å². The predicted molar refractivity (Wildman–Crippen MR) is 78.1 cm³/mol. The molecule has 0 amide bonds. The molecule has 4 nitrogen and oxygen atoms in total. The monoisotopic (exact) mass is 293 g/mol. The Hall–Kier alpha value is -1.14. The van der Waals surface area contributed by atoms with Crippen molar-refractivity contribution in [3.8, 4) is 5.88 Å². The van der Waals surface area contributed by atoms with Crippen molar-refractivity contribution in [3.63, 3.8) is 0 Å². The predicted octanol–water partition coefficient (Wildman–Crippen LogP) is 2.31. The Morgan fingerprint density at radius 1 is 1.29 bits per heavy atom. The molecular weight excluding hydrogens is 272 g/mol. The van der Waals surface area contributed by atoms with Crippen LogP contribution in [0.5, 0.6) is 5.88 Å². The largest absolute Gasteiger partial charge is 0.496 e. The van der Waals surface area contributed by atoms with E-state index in [-0.39, 0.29) is 5.88 Å². The summed E-state index contributed by atoms with van der Waals surface area (Å²) in [5.41, 5.74) is -0.324. The summed E-state index contributed by atoms with van der Waals surface area (Å²) < 4.78 is 31.2. The van der Waals surface area contributed by atoms with Crippen LogP contribution in [-0.4, -0.2) is 29.9 Å². The van der Waals surface area contributed by atoms with E-state index in [2.05, 4.69) is 4.98 Å². The summed E-state index contributed by atoms with van der Waals surface area (Å²) in [6.45, 7) is 8.39. The zero-order chi connectivity index (χ0) is 15.3. The second kappa shape index (κ2) is 4.95.